The molecular weight excluding hydrogens is 332 g/mol. The number of carbonyl (C=O) groups is 1. The first-order chi connectivity index (χ1) is 9.92. The highest BCUT2D eigenvalue weighted by molar-refractivity contribution is 9.10. The number of methoxy groups -OCH3 is 1. The summed E-state index contributed by atoms with van der Waals surface area (Å²) in [5, 5.41) is 2.93. The normalized spacial score (nSPS) is 10.3. The maximum Gasteiger partial charge on any atom is 0.259 e. The Morgan fingerprint density at radius 3 is 2.38 bits per heavy atom. The minimum Gasteiger partial charge on any atom is -0.496 e. The van der Waals surface area contributed by atoms with Gasteiger partial charge in [-0.3, -0.25) is 4.79 Å². The van der Waals surface area contributed by atoms with Crippen LogP contribution >= 0.6 is 15.9 Å². The lowest BCUT2D eigenvalue weighted by Gasteiger charge is -2.14. The molecule has 110 valence electrons. The highest BCUT2D eigenvalue weighted by Crippen LogP contribution is 2.27. The van der Waals surface area contributed by atoms with E-state index in [0.29, 0.717) is 17.0 Å². The van der Waals surface area contributed by atoms with Crippen LogP contribution in [0.25, 0.3) is 0 Å². The van der Waals surface area contributed by atoms with E-state index < -0.39 is 0 Å². The van der Waals surface area contributed by atoms with E-state index in [4.69, 9.17) is 10.5 Å². The summed E-state index contributed by atoms with van der Waals surface area (Å²) in [6, 6.07) is 8.91. The zero-order valence-corrected chi connectivity index (χ0v) is 13.7. The molecule has 0 aromatic heterocycles. The van der Waals surface area contributed by atoms with Crippen molar-refractivity contribution in [2.75, 3.05) is 18.2 Å². The highest BCUT2D eigenvalue weighted by atomic mass is 79.9. The average molecular weight is 349 g/mol. The monoisotopic (exact) mass is 348 g/mol. The van der Waals surface area contributed by atoms with Crippen molar-refractivity contribution >= 4 is 33.2 Å². The molecule has 0 aliphatic carbocycles. The molecule has 0 atom stereocenters. The van der Waals surface area contributed by atoms with Gasteiger partial charge in [0, 0.05) is 15.8 Å². The molecule has 1 amide bonds. The standard InChI is InChI=1S/C16H17BrN2O2/c1-9-6-11(17)7-10(2)15(9)19-16(20)13-8-12(18)4-5-14(13)21-3/h4-8H,18H2,1-3H3,(H,19,20). The number of amides is 1. The molecule has 0 radical (unpaired) electrons. The van der Waals surface area contributed by atoms with Gasteiger partial charge in [-0.25, -0.2) is 0 Å². The molecule has 0 aliphatic heterocycles. The summed E-state index contributed by atoms with van der Waals surface area (Å²) in [6.45, 7) is 3.90. The van der Waals surface area contributed by atoms with Gasteiger partial charge in [0.15, 0.2) is 0 Å². The fraction of sp³-hybridized carbons (Fsp3) is 0.188. The van der Waals surface area contributed by atoms with Crippen molar-refractivity contribution in [3.05, 3.63) is 51.5 Å². The van der Waals surface area contributed by atoms with Crippen LogP contribution in [0.1, 0.15) is 21.5 Å². The fourth-order valence-corrected chi connectivity index (χ4v) is 2.88. The van der Waals surface area contributed by atoms with E-state index in [1.54, 1.807) is 18.2 Å². The number of halogens is 1. The van der Waals surface area contributed by atoms with E-state index in [9.17, 15) is 4.79 Å². The summed E-state index contributed by atoms with van der Waals surface area (Å²) in [5.41, 5.74) is 9.45. The summed E-state index contributed by atoms with van der Waals surface area (Å²) in [6.07, 6.45) is 0. The number of hydrogen-bond acceptors (Lipinski definition) is 3. The number of nitrogens with two attached hydrogens (primary N) is 1. The first-order valence-corrected chi connectivity index (χ1v) is 7.23. The molecule has 2 aromatic rings. The van der Waals surface area contributed by atoms with Crippen molar-refractivity contribution in [3.8, 4) is 5.75 Å². The van der Waals surface area contributed by atoms with Gasteiger partial charge in [0.05, 0.1) is 12.7 Å². The third kappa shape index (κ3) is 3.36. The van der Waals surface area contributed by atoms with Gasteiger partial charge >= 0.3 is 0 Å². The number of nitrogen functional groups attached to an aromatic ring is 1. The van der Waals surface area contributed by atoms with Gasteiger partial charge in [-0.1, -0.05) is 15.9 Å². The number of hydrogen-bond donors (Lipinski definition) is 2. The lowest BCUT2D eigenvalue weighted by Crippen LogP contribution is -2.15. The van der Waals surface area contributed by atoms with Crippen LogP contribution in [0.5, 0.6) is 5.75 Å². The minimum absolute atomic E-state index is 0.243. The van der Waals surface area contributed by atoms with Crippen molar-refractivity contribution < 1.29 is 9.53 Å². The Hall–Kier alpha value is -2.01. The Labute approximate surface area is 132 Å². The van der Waals surface area contributed by atoms with E-state index in [0.717, 1.165) is 21.3 Å². The lowest BCUT2D eigenvalue weighted by molar-refractivity contribution is 0.102. The number of nitrogens with one attached hydrogen (secondary N) is 1. The second-order valence-electron chi connectivity index (χ2n) is 4.83. The largest absolute Gasteiger partial charge is 0.496 e. The van der Waals surface area contributed by atoms with Crippen LogP contribution in [0.2, 0.25) is 0 Å². The number of rotatable bonds is 3. The van der Waals surface area contributed by atoms with Gasteiger partial charge in [-0.05, 0) is 55.3 Å². The topological polar surface area (TPSA) is 64.3 Å². The summed E-state index contributed by atoms with van der Waals surface area (Å²) < 4.78 is 6.20. The zero-order valence-electron chi connectivity index (χ0n) is 12.2. The number of benzene rings is 2. The number of ether oxygens (including phenoxy) is 1. The van der Waals surface area contributed by atoms with Gasteiger partial charge in [0.1, 0.15) is 5.75 Å². The predicted molar refractivity (Wildman–Crippen MR) is 89.0 cm³/mol. The Balaban J connectivity index is 2.37. The van der Waals surface area contributed by atoms with E-state index in [1.807, 2.05) is 26.0 Å². The molecule has 2 aromatic carbocycles. The Kier molecular flexibility index (Phi) is 4.53. The molecule has 5 heteroatoms. The van der Waals surface area contributed by atoms with E-state index in [2.05, 4.69) is 21.2 Å². The molecule has 0 saturated heterocycles. The first-order valence-electron chi connectivity index (χ1n) is 6.44. The third-order valence-electron chi connectivity index (χ3n) is 3.20. The smallest absolute Gasteiger partial charge is 0.259 e. The number of carbonyl (C=O) groups excluding carboxylic acids is 1. The molecule has 2 rings (SSSR count). The van der Waals surface area contributed by atoms with Crippen LogP contribution in [-0.2, 0) is 0 Å². The summed E-state index contributed by atoms with van der Waals surface area (Å²) in [5.74, 6) is 0.252. The van der Waals surface area contributed by atoms with Gasteiger partial charge in [-0.15, -0.1) is 0 Å². The number of anilines is 2. The van der Waals surface area contributed by atoms with Crippen molar-refractivity contribution in [1.82, 2.24) is 0 Å². The van der Waals surface area contributed by atoms with Crippen LogP contribution < -0.4 is 15.8 Å². The number of aryl methyl sites for hydroxylation is 2. The van der Waals surface area contributed by atoms with Crippen LogP contribution in [0.15, 0.2) is 34.8 Å². The zero-order chi connectivity index (χ0) is 15.6. The molecule has 0 bridgehead atoms. The maximum atomic E-state index is 12.5. The van der Waals surface area contributed by atoms with Crippen LogP contribution in [0.3, 0.4) is 0 Å². The Morgan fingerprint density at radius 1 is 1.19 bits per heavy atom. The molecule has 0 saturated carbocycles. The second-order valence-corrected chi connectivity index (χ2v) is 5.74. The van der Waals surface area contributed by atoms with Gasteiger partial charge in [-0.2, -0.15) is 0 Å². The minimum atomic E-state index is -0.243. The highest BCUT2D eigenvalue weighted by Gasteiger charge is 2.15. The second kappa shape index (κ2) is 6.18. The van der Waals surface area contributed by atoms with Crippen LogP contribution in [0.4, 0.5) is 11.4 Å². The molecule has 0 spiro atoms. The molecule has 3 N–H and O–H groups in total. The van der Waals surface area contributed by atoms with E-state index in [1.165, 1.54) is 7.11 Å². The summed E-state index contributed by atoms with van der Waals surface area (Å²) in [7, 11) is 1.53. The molecule has 0 heterocycles. The quantitative estimate of drug-likeness (QED) is 0.826. The van der Waals surface area contributed by atoms with Crippen LogP contribution in [-0.4, -0.2) is 13.0 Å². The van der Waals surface area contributed by atoms with Gasteiger partial charge in [0.2, 0.25) is 0 Å². The summed E-state index contributed by atoms with van der Waals surface area (Å²) in [4.78, 5) is 12.5. The average Bonchev–Trinajstić information content (AvgIpc) is 2.42. The van der Waals surface area contributed by atoms with Crippen LogP contribution in [0, 0.1) is 13.8 Å². The van der Waals surface area contributed by atoms with Crippen molar-refractivity contribution in [2.45, 2.75) is 13.8 Å². The molecule has 21 heavy (non-hydrogen) atoms. The summed E-state index contributed by atoms with van der Waals surface area (Å²) >= 11 is 3.44. The van der Waals surface area contributed by atoms with E-state index >= 15 is 0 Å². The van der Waals surface area contributed by atoms with Crippen molar-refractivity contribution in [2.24, 2.45) is 0 Å². The van der Waals surface area contributed by atoms with Gasteiger partial charge in [0.25, 0.3) is 5.91 Å². The molecular formula is C16H17BrN2O2. The Morgan fingerprint density at radius 2 is 1.81 bits per heavy atom. The van der Waals surface area contributed by atoms with Gasteiger partial charge < -0.3 is 15.8 Å². The first kappa shape index (κ1) is 15.4. The molecule has 0 aliphatic rings. The van der Waals surface area contributed by atoms with Crippen molar-refractivity contribution in [3.63, 3.8) is 0 Å². The lowest BCUT2D eigenvalue weighted by atomic mass is 10.1. The predicted octanol–water partition coefficient (Wildman–Crippen LogP) is 3.91. The maximum absolute atomic E-state index is 12.5. The molecule has 0 fully saturated rings. The Bertz CT molecular complexity index is 676. The van der Waals surface area contributed by atoms with E-state index in [-0.39, 0.29) is 5.91 Å². The van der Waals surface area contributed by atoms with Crippen molar-refractivity contribution in [1.29, 1.82) is 0 Å². The fourth-order valence-electron chi connectivity index (χ4n) is 2.19. The SMILES string of the molecule is COc1ccc(N)cc1C(=O)Nc1c(C)cc(Br)cc1C. The third-order valence-corrected chi connectivity index (χ3v) is 3.66. The molecule has 4 nitrogen and oxygen atoms in total. The molecule has 0 unspecified atom stereocenters.